The Morgan fingerprint density at radius 2 is 2.04 bits per heavy atom. The summed E-state index contributed by atoms with van der Waals surface area (Å²) in [6, 6.07) is 0.384. The molecular weight excluding hydrogens is 360 g/mol. The minimum atomic E-state index is -0.0731. The molecule has 2 heterocycles. The molecule has 8 heteroatoms. The molecule has 7 unspecified atom stereocenters. The third-order valence-electron chi connectivity index (χ3n) is 7.35. The number of aliphatic hydroxyl groups excluding tert-OH is 1. The van der Waals surface area contributed by atoms with Crippen LogP contribution in [0.3, 0.4) is 0 Å². The lowest BCUT2D eigenvalue weighted by Gasteiger charge is -2.37. The lowest BCUT2D eigenvalue weighted by Crippen LogP contribution is -2.49. The van der Waals surface area contributed by atoms with E-state index in [0.717, 1.165) is 32.2 Å². The first-order valence-electron chi connectivity index (χ1n) is 11.0. The van der Waals surface area contributed by atoms with E-state index in [1.807, 2.05) is 0 Å². The molecule has 1 amide bonds. The van der Waals surface area contributed by atoms with Crippen molar-refractivity contribution in [3.8, 4) is 0 Å². The molecule has 0 bridgehead atoms. The van der Waals surface area contributed by atoms with Crippen molar-refractivity contribution in [2.24, 2.45) is 23.7 Å². The van der Waals surface area contributed by atoms with Gasteiger partial charge < -0.3 is 20.5 Å². The number of piperidine rings is 1. The van der Waals surface area contributed by atoms with Crippen LogP contribution in [0.2, 0.25) is 0 Å². The summed E-state index contributed by atoms with van der Waals surface area (Å²) in [5, 5.41) is 19.5. The van der Waals surface area contributed by atoms with E-state index in [2.05, 4.69) is 21.4 Å². The van der Waals surface area contributed by atoms with Crippen molar-refractivity contribution in [3.05, 3.63) is 0 Å². The number of hydrogen-bond acceptors (Lipinski definition) is 7. The smallest absolute Gasteiger partial charge is 0.223 e. The molecule has 0 aromatic heterocycles. The van der Waals surface area contributed by atoms with Crippen LogP contribution in [0.1, 0.15) is 44.9 Å². The third-order valence-corrected chi connectivity index (χ3v) is 7.35. The molecule has 5 N–H and O–H groups in total. The van der Waals surface area contributed by atoms with Crippen LogP contribution in [-0.4, -0.2) is 62.4 Å². The Labute approximate surface area is 167 Å². The molecule has 2 aliphatic heterocycles. The Morgan fingerprint density at radius 1 is 1.18 bits per heavy atom. The summed E-state index contributed by atoms with van der Waals surface area (Å²) in [4.78, 5) is 18.4. The molecule has 0 radical (unpaired) electrons. The van der Waals surface area contributed by atoms with Gasteiger partial charge in [0.1, 0.15) is 0 Å². The van der Waals surface area contributed by atoms with Gasteiger partial charge in [-0.25, -0.2) is 0 Å². The highest BCUT2D eigenvalue weighted by Gasteiger charge is 2.44. The Kier molecular flexibility index (Phi) is 6.85. The Bertz CT molecular complexity index is 536. The van der Waals surface area contributed by atoms with Crippen LogP contribution in [0, 0.1) is 23.7 Å². The normalized spacial score (nSPS) is 43.6. The number of ether oxygens (including phenoxy) is 1. The van der Waals surface area contributed by atoms with Crippen molar-refractivity contribution in [3.63, 3.8) is 0 Å². The van der Waals surface area contributed by atoms with Crippen LogP contribution >= 0.6 is 0 Å². The maximum absolute atomic E-state index is 12.8. The summed E-state index contributed by atoms with van der Waals surface area (Å²) in [6.45, 7) is 1.47. The molecule has 0 aromatic rings. The van der Waals surface area contributed by atoms with Crippen molar-refractivity contribution in [1.29, 1.82) is 0 Å². The first-order chi connectivity index (χ1) is 13.7. The van der Waals surface area contributed by atoms with E-state index in [1.54, 1.807) is 7.11 Å². The minimum absolute atomic E-state index is 0.0375. The summed E-state index contributed by atoms with van der Waals surface area (Å²) in [5.41, 5.74) is 3.15. The number of hydroxylamine groups is 1. The fourth-order valence-electron chi connectivity index (χ4n) is 5.85. The summed E-state index contributed by atoms with van der Waals surface area (Å²) < 4.78 is 5.16. The second kappa shape index (κ2) is 9.36. The Morgan fingerprint density at radius 3 is 2.86 bits per heavy atom. The largest absolute Gasteiger partial charge is 0.395 e. The van der Waals surface area contributed by atoms with Gasteiger partial charge in [-0.05, 0) is 69.2 Å². The number of aliphatic hydroxyl groups is 1. The first kappa shape index (κ1) is 20.5. The van der Waals surface area contributed by atoms with Gasteiger partial charge in [-0.3, -0.25) is 14.9 Å². The number of hydrogen-bond donors (Lipinski definition) is 5. The van der Waals surface area contributed by atoms with Gasteiger partial charge in [-0.2, -0.15) is 5.48 Å². The fraction of sp³-hybridized carbons (Fsp3) is 0.950. The number of methoxy groups -OCH3 is 1. The molecular formula is C20H36N4O4. The second-order valence-electron chi connectivity index (χ2n) is 9.07. The first-order valence-corrected chi connectivity index (χ1v) is 11.0. The van der Waals surface area contributed by atoms with Crippen LogP contribution < -0.4 is 21.4 Å². The van der Waals surface area contributed by atoms with Gasteiger partial charge in [0.2, 0.25) is 5.91 Å². The molecule has 4 aliphatic rings. The fourth-order valence-corrected chi connectivity index (χ4v) is 5.85. The van der Waals surface area contributed by atoms with Gasteiger partial charge in [0.05, 0.1) is 19.4 Å². The van der Waals surface area contributed by atoms with Crippen molar-refractivity contribution in [1.82, 2.24) is 21.4 Å². The highest BCUT2D eigenvalue weighted by atomic mass is 16.7. The van der Waals surface area contributed by atoms with Crippen LogP contribution in [0.15, 0.2) is 0 Å². The highest BCUT2D eigenvalue weighted by Crippen LogP contribution is 2.45. The number of rotatable bonds is 6. The molecule has 4 rings (SSSR count). The van der Waals surface area contributed by atoms with E-state index in [0.29, 0.717) is 30.4 Å². The third kappa shape index (κ3) is 4.52. The quantitative estimate of drug-likeness (QED) is 0.433. The zero-order chi connectivity index (χ0) is 19.5. The standard InChI is InChI=1S/C20H36N4O4/c1-27-11-18-23-19(24-28-18)13-2-4-16-12(8-13)3-5-17(16)22-20(26)14-6-7-21-15(9-14)10-25/h12-19,21,23-25H,2-11H2,1H3,(H,22,26)/t12?,13?,14?,15?,16?,17-,18?,19?/m1/s1. The van der Waals surface area contributed by atoms with Crippen LogP contribution in [0.25, 0.3) is 0 Å². The Hall–Kier alpha value is -0.770. The van der Waals surface area contributed by atoms with E-state index < -0.39 is 0 Å². The molecule has 2 saturated carbocycles. The molecule has 2 aliphatic carbocycles. The zero-order valence-corrected chi connectivity index (χ0v) is 16.9. The Balaban J connectivity index is 1.26. The van der Waals surface area contributed by atoms with Gasteiger partial charge in [-0.15, -0.1) is 0 Å². The number of fused-ring (bicyclic) bond motifs is 1. The van der Waals surface area contributed by atoms with E-state index in [4.69, 9.17) is 9.57 Å². The number of amides is 1. The van der Waals surface area contributed by atoms with Crippen molar-refractivity contribution >= 4 is 5.91 Å². The van der Waals surface area contributed by atoms with Gasteiger partial charge in [0.25, 0.3) is 0 Å². The van der Waals surface area contributed by atoms with Crippen LogP contribution in [-0.2, 0) is 14.4 Å². The van der Waals surface area contributed by atoms with Crippen molar-refractivity contribution < 1.29 is 19.5 Å². The zero-order valence-electron chi connectivity index (χ0n) is 16.9. The lowest BCUT2D eigenvalue weighted by molar-refractivity contribution is -0.127. The topological polar surface area (TPSA) is 104 Å². The van der Waals surface area contributed by atoms with Crippen LogP contribution in [0.4, 0.5) is 0 Å². The maximum Gasteiger partial charge on any atom is 0.223 e. The summed E-state index contributed by atoms with van der Waals surface area (Å²) in [7, 11) is 1.68. The minimum Gasteiger partial charge on any atom is -0.395 e. The molecule has 8 nitrogen and oxygen atoms in total. The second-order valence-corrected chi connectivity index (χ2v) is 9.07. The maximum atomic E-state index is 12.8. The van der Waals surface area contributed by atoms with Gasteiger partial charge in [-0.1, -0.05) is 0 Å². The van der Waals surface area contributed by atoms with E-state index >= 15 is 0 Å². The van der Waals surface area contributed by atoms with Gasteiger partial charge >= 0.3 is 0 Å². The van der Waals surface area contributed by atoms with Gasteiger partial charge in [0, 0.05) is 25.1 Å². The van der Waals surface area contributed by atoms with Crippen LogP contribution in [0.5, 0.6) is 0 Å². The number of carbonyl (C=O) groups excluding carboxylic acids is 1. The molecule has 2 saturated heterocycles. The summed E-state index contributed by atoms with van der Waals surface area (Å²) in [6.07, 6.45) is 7.53. The number of nitrogens with one attached hydrogen (secondary N) is 4. The summed E-state index contributed by atoms with van der Waals surface area (Å²) >= 11 is 0. The van der Waals surface area contributed by atoms with E-state index in [9.17, 15) is 9.90 Å². The van der Waals surface area contributed by atoms with Crippen molar-refractivity contribution in [2.45, 2.75) is 69.4 Å². The SMILES string of the molecule is COCC1NC(C2CCC3C(CC[C@H]3NC(=O)C3CCNC(CO)C3)C2)NO1. The molecule has 8 atom stereocenters. The predicted molar refractivity (Wildman–Crippen MR) is 104 cm³/mol. The van der Waals surface area contributed by atoms with E-state index in [1.165, 1.54) is 19.3 Å². The summed E-state index contributed by atoms with van der Waals surface area (Å²) in [5.74, 6) is 2.09. The highest BCUT2D eigenvalue weighted by molar-refractivity contribution is 5.79. The average molecular weight is 397 g/mol. The predicted octanol–water partition coefficient (Wildman–Crippen LogP) is 0.0810. The number of carbonyl (C=O) groups is 1. The molecule has 0 spiro atoms. The molecule has 0 aromatic carbocycles. The molecule has 4 fully saturated rings. The monoisotopic (exact) mass is 396 g/mol. The molecule has 28 heavy (non-hydrogen) atoms. The van der Waals surface area contributed by atoms with Gasteiger partial charge in [0.15, 0.2) is 6.23 Å². The molecule has 160 valence electrons. The van der Waals surface area contributed by atoms with E-state index in [-0.39, 0.29) is 36.9 Å². The average Bonchev–Trinajstić information content (AvgIpc) is 3.35. The lowest BCUT2D eigenvalue weighted by atomic mass is 9.73. The van der Waals surface area contributed by atoms with Crippen molar-refractivity contribution in [2.75, 3.05) is 26.9 Å².